The van der Waals surface area contributed by atoms with Crippen LogP contribution in [0.3, 0.4) is 0 Å². The average molecular weight is 299 g/mol. The predicted molar refractivity (Wildman–Crippen MR) is 77.0 cm³/mol. The smallest absolute Gasteiger partial charge is 0.254 e. The number of hydrogen-bond donors (Lipinski definition) is 1. The van der Waals surface area contributed by atoms with Gasteiger partial charge in [0.15, 0.2) is 0 Å². The van der Waals surface area contributed by atoms with E-state index in [1.165, 1.54) is 0 Å². The van der Waals surface area contributed by atoms with Gasteiger partial charge in [0.1, 0.15) is 0 Å². The molecule has 19 heavy (non-hydrogen) atoms. The summed E-state index contributed by atoms with van der Waals surface area (Å²) in [5.74, 6) is 0.639. The number of rotatable bonds is 1. The minimum atomic E-state index is 0.0417. The Hall–Kier alpha value is -0.770. The number of halogens is 2. The maximum atomic E-state index is 12.6. The molecule has 102 valence electrons. The van der Waals surface area contributed by atoms with Gasteiger partial charge in [-0.05, 0) is 37.0 Å². The summed E-state index contributed by atoms with van der Waals surface area (Å²) in [7, 11) is 0. The number of likely N-dealkylation sites (tertiary alicyclic amines) is 1. The molecule has 2 saturated heterocycles. The molecule has 0 bridgehead atoms. The topological polar surface area (TPSA) is 32.3 Å². The van der Waals surface area contributed by atoms with Crippen LogP contribution in [-0.4, -0.2) is 36.5 Å². The molecule has 1 aromatic rings. The molecule has 2 atom stereocenters. The van der Waals surface area contributed by atoms with Crippen LogP contribution in [0.4, 0.5) is 0 Å². The van der Waals surface area contributed by atoms with Crippen molar-refractivity contribution in [1.82, 2.24) is 10.2 Å². The Morgan fingerprint density at radius 2 is 2.00 bits per heavy atom. The van der Waals surface area contributed by atoms with Crippen molar-refractivity contribution in [2.75, 3.05) is 19.6 Å². The number of carbonyl (C=O) groups excluding carboxylic acids is 1. The summed E-state index contributed by atoms with van der Waals surface area (Å²) in [5.41, 5.74) is 1.41. The van der Waals surface area contributed by atoms with Crippen LogP contribution in [0.5, 0.6) is 0 Å². The standard InChI is InChI=1S/C14H16Cl2N2O/c1-8-11(15)4-10(5-12(8)16)14(19)18-3-2-9-6-17-7-13(9)18/h4-5,9,13,17H,2-3,6-7H2,1H3/t9-,13+/m0/s1. The summed E-state index contributed by atoms with van der Waals surface area (Å²) >= 11 is 12.2. The van der Waals surface area contributed by atoms with Crippen molar-refractivity contribution in [1.29, 1.82) is 0 Å². The van der Waals surface area contributed by atoms with E-state index < -0.39 is 0 Å². The van der Waals surface area contributed by atoms with Gasteiger partial charge in [-0.15, -0.1) is 0 Å². The second kappa shape index (κ2) is 4.97. The van der Waals surface area contributed by atoms with Crippen LogP contribution in [0, 0.1) is 12.8 Å². The lowest BCUT2D eigenvalue weighted by atomic mass is 10.0. The fourth-order valence-electron chi connectivity index (χ4n) is 3.04. The first-order valence-electron chi connectivity index (χ1n) is 6.55. The molecule has 1 amide bonds. The minimum Gasteiger partial charge on any atom is -0.334 e. The number of nitrogens with one attached hydrogen (secondary N) is 1. The third-order valence-corrected chi connectivity index (χ3v) is 5.02. The van der Waals surface area contributed by atoms with Crippen molar-refractivity contribution in [2.45, 2.75) is 19.4 Å². The first-order chi connectivity index (χ1) is 9.08. The van der Waals surface area contributed by atoms with Crippen LogP contribution in [0.1, 0.15) is 22.3 Å². The second-order valence-electron chi connectivity index (χ2n) is 5.34. The Bertz CT molecular complexity index is 509. The molecule has 2 aliphatic heterocycles. The van der Waals surface area contributed by atoms with E-state index in [0.717, 1.165) is 31.6 Å². The van der Waals surface area contributed by atoms with Crippen LogP contribution in [0.2, 0.25) is 10.0 Å². The molecule has 1 N–H and O–H groups in total. The molecule has 0 aromatic heterocycles. The summed E-state index contributed by atoms with van der Waals surface area (Å²) in [6.45, 7) is 4.60. The summed E-state index contributed by atoms with van der Waals surface area (Å²) in [6.07, 6.45) is 1.08. The van der Waals surface area contributed by atoms with Gasteiger partial charge in [0.25, 0.3) is 5.91 Å². The van der Waals surface area contributed by atoms with Crippen molar-refractivity contribution in [3.05, 3.63) is 33.3 Å². The average Bonchev–Trinajstić information content (AvgIpc) is 2.96. The van der Waals surface area contributed by atoms with Gasteiger partial charge in [-0.3, -0.25) is 4.79 Å². The van der Waals surface area contributed by atoms with Crippen molar-refractivity contribution < 1.29 is 4.79 Å². The number of nitrogens with zero attached hydrogens (tertiary/aromatic N) is 1. The molecule has 1 aromatic carbocycles. The lowest BCUT2D eigenvalue weighted by Crippen LogP contribution is -2.39. The Balaban J connectivity index is 1.88. The van der Waals surface area contributed by atoms with Gasteiger partial charge < -0.3 is 10.2 Å². The molecule has 0 unspecified atom stereocenters. The van der Waals surface area contributed by atoms with Gasteiger partial charge >= 0.3 is 0 Å². The van der Waals surface area contributed by atoms with Crippen LogP contribution < -0.4 is 5.32 Å². The van der Waals surface area contributed by atoms with Gasteiger partial charge in [-0.2, -0.15) is 0 Å². The highest BCUT2D eigenvalue weighted by atomic mass is 35.5. The zero-order valence-electron chi connectivity index (χ0n) is 10.7. The normalized spacial score (nSPS) is 25.7. The summed E-state index contributed by atoms with van der Waals surface area (Å²) in [6, 6.07) is 3.77. The minimum absolute atomic E-state index is 0.0417. The molecule has 0 aliphatic carbocycles. The van der Waals surface area contributed by atoms with E-state index in [1.54, 1.807) is 12.1 Å². The zero-order valence-corrected chi connectivity index (χ0v) is 12.3. The molecule has 2 fully saturated rings. The zero-order chi connectivity index (χ0) is 13.6. The monoisotopic (exact) mass is 298 g/mol. The van der Waals surface area contributed by atoms with Crippen molar-refractivity contribution in [2.24, 2.45) is 5.92 Å². The van der Waals surface area contributed by atoms with Crippen molar-refractivity contribution in [3.63, 3.8) is 0 Å². The van der Waals surface area contributed by atoms with Crippen molar-refractivity contribution in [3.8, 4) is 0 Å². The van der Waals surface area contributed by atoms with Gasteiger partial charge in [-0.25, -0.2) is 0 Å². The van der Waals surface area contributed by atoms with Crippen LogP contribution in [-0.2, 0) is 0 Å². The predicted octanol–water partition coefficient (Wildman–Crippen LogP) is 2.74. The largest absolute Gasteiger partial charge is 0.334 e. The fourth-order valence-corrected chi connectivity index (χ4v) is 3.52. The van der Waals surface area contributed by atoms with Gasteiger partial charge in [-0.1, -0.05) is 23.2 Å². The van der Waals surface area contributed by atoms with Gasteiger partial charge in [0.2, 0.25) is 0 Å². The fraction of sp³-hybridized carbons (Fsp3) is 0.500. The quantitative estimate of drug-likeness (QED) is 0.865. The molecular weight excluding hydrogens is 283 g/mol. The molecule has 3 nitrogen and oxygen atoms in total. The van der Waals surface area contributed by atoms with Crippen molar-refractivity contribution >= 4 is 29.1 Å². The number of amides is 1. The van der Waals surface area contributed by atoms with E-state index in [4.69, 9.17) is 23.2 Å². The third-order valence-electron chi connectivity index (χ3n) is 4.23. The van der Waals surface area contributed by atoms with E-state index >= 15 is 0 Å². The van der Waals surface area contributed by atoms with E-state index in [-0.39, 0.29) is 5.91 Å². The van der Waals surface area contributed by atoms with Gasteiger partial charge in [0, 0.05) is 41.3 Å². The van der Waals surface area contributed by atoms with Crippen LogP contribution in [0.15, 0.2) is 12.1 Å². The molecule has 0 saturated carbocycles. The Kier molecular flexibility index (Phi) is 3.46. The molecule has 2 aliphatic rings. The third kappa shape index (κ3) is 2.24. The van der Waals surface area contributed by atoms with Crippen LogP contribution in [0.25, 0.3) is 0 Å². The maximum Gasteiger partial charge on any atom is 0.254 e. The summed E-state index contributed by atoms with van der Waals surface area (Å²) in [5, 5.41) is 4.45. The summed E-state index contributed by atoms with van der Waals surface area (Å²) < 4.78 is 0. The first-order valence-corrected chi connectivity index (χ1v) is 7.31. The van der Waals surface area contributed by atoms with E-state index in [2.05, 4.69) is 5.32 Å². The lowest BCUT2D eigenvalue weighted by Gasteiger charge is -2.23. The highest BCUT2D eigenvalue weighted by Gasteiger charge is 2.40. The Morgan fingerprint density at radius 3 is 2.68 bits per heavy atom. The number of benzene rings is 1. The van der Waals surface area contributed by atoms with Crippen LogP contribution >= 0.6 is 23.2 Å². The number of carbonyl (C=O) groups is 1. The molecule has 5 heteroatoms. The van der Waals surface area contributed by atoms with E-state index in [9.17, 15) is 4.79 Å². The molecule has 3 rings (SSSR count). The van der Waals surface area contributed by atoms with Gasteiger partial charge in [0.05, 0.1) is 0 Å². The van der Waals surface area contributed by atoms with E-state index in [1.807, 2.05) is 11.8 Å². The highest BCUT2D eigenvalue weighted by molar-refractivity contribution is 6.36. The second-order valence-corrected chi connectivity index (χ2v) is 6.15. The van der Waals surface area contributed by atoms with E-state index in [0.29, 0.717) is 27.6 Å². The molecule has 0 radical (unpaired) electrons. The SMILES string of the molecule is Cc1c(Cl)cc(C(=O)N2CC[C@H]3CNC[C@H]32)cc1Cl. The maximum absolute atomic E-state index is 12.6. The summed E-state index contributed by atoms with van der Waals surface area (Å²) in [4.78, 5) is 14.5. The Morgan fingerprint density at radius 1 is 1.32 bits per heavy atom. The first kappa shape index (κ1) is 13.2. The highest BCUT2D eigenvalue weighted by Crippen LogP contribution is 2.31. The molecular formula is C14H16Cl2N2O. The Labute approximate surface area is 122 Å². The number of hydrogen-bond acceptors (Lipinski definition) is 2. The number of fused-ring (bicyclic) bond motifs is 1. The molecule has 2 heterocycles. The lowest BCUT2D eigenvalue weighted by molar-refractivity contribution is 0.0737. The molecule has 0 spiro atoms.